The SMILES string of the molecule is CCc1c(C(C)N)cc(OC)c(OC)c1Br. The number of halogens is 1. The van der Waals surface area contributed by atoms with Crippen LogP contribution in [-0.4, -0.2) is 14.2 Å². The highest BCUT2D eigenvalue weighted by Gasteiger charge is 2.18. The van der Waals surface area contributed by atoms with E-state index in [0.717, 1.165) is 22.2 Å². The molecule has 1 atom stereocenters. The minimum absolute atomic E-state index is 0.0222. The second kappa shape index (κ2) is 5.55. The van der Waals surface area contributed by atoms with Crippen molar-refractivity contribution in [3.8, 4) is 11.5 Å². The summed E-state index contributed by atoms with van der Waals surface area (Å²) in [5, 5.41) is 0. The van der Waals surface area contributed by atoms with Crippen molar-refractivity contribution in [3.63, 3.8) is 0 Å². The summed E-state index contributed by atoms with van der Waals surface area (Å²) < 4.78 is 11.6. The summed E-state index contributed by atoms with van der Waals surface area (Å²) in [6.07, 6.45) is 0.901. The maximum atomic E-state index is 5.96. The van der Waals surface area contributed by atoms with Crippen LogP contribution in [0.5, 0.6) is 11.5 Å². The molecule has 0 aromatic heterocycles. The van der Waals surface area contributed by atoms with Crippen LogP contribution in [0.25, 0.3) is 0 Å². The van der Waals surface area contributed by atoms with Crippen LogP contribution in [0.4, 0.5) is 0 Å². The molecule has 0 spiro atoms. The molecule has 0 amide bonds. The lowest BCUT2D eigenvalue weighted by molar-refractivity contribution is 0.352. The van der Waals surface area contributed by atoms with Crippen LogP contribution in [0, 0.1) is 0 Å². The van der Waals surface area contributed by atoms with Crippen LogP contribution < -0.4 is 15.2 Å². The normalized spacial score (nSPS) is 12.4. The lowest BCUT2D eigenvalue weighted by Gasteiger charge is -2.18. The highest BCUT2D eigenvalue weighted by molar-refractivity contribution is 9.10. The molecule has 0 saturated carbocycles. The van der Waals surface area contributed by atoms with Crippen LogP contribution in [0.15, 0.2) is 10.5 Å². The van der Waals surface area contributed by atoms with E-state index in [0.29, 0.717) is 5.75 Å². The molecular formula is C12H18BrNO2. The fraction of sp³-hybridized carbons (Fsp3) is 0.500. The first kappa shape index (κ1) is 13.3. The average Bonchev–Trinajstić information content (AvgIpc) is 2.27. The first-order valence-electron chi connectivity index (χ1n) is 5.25. The quantitative estimate of drug-likeness (QED) is 0.926. The highest BCUT2D eigenvalue weighted by atomic mass is 79.9. The van der Waals surface area contributed by atoms with Crippen LogP contribution in [0.1, 0.15) is 31.0 Å². The van der Waals surface area contributed by atoms with Crippen molar-refractivity contribution in [3.05, 3.63) is 21.7 Å². The Labute approximate surface area is 105 Å². The maximum absolute atomic E-state index is 5.96. The predicted molar refractivity (Wildman–Crippen MR) is 69.2 cm³/mol. The third-order valence-electron chi connectivity index (χ3n) is 2.59. The largest absolute Gasteiger partial charge is 0.493 e. The molecule has 0 saturated heterocycles. The molecule has 0 aliphatic heterocycles. The topological polar surface area (TPSA) is 44.5 Å². The smallest absolute Gasteiger partial charge is 0.175 e. The van der Waals surface area contributed by atoms with Gasteiger partial charge in [-0.2, -0.15) is 0 Å². The lowest BCUT2D eigenvalue weighted by Crippen LogP contribution is -2.10. The molecule has 16 heavy (non-hydrogen) atoms. The summed E-state index contributed by atoms with van der Waals surface area (Å²) in [5.74, 6) is 1.43. The van der Waals surface area contributed by atoms with Crippen molar-refractivity contribution in [1.29, 1.82) is 0 Å². The Morgan fingerprint density at radius 2 is 2.00 bits per heavy atom. The molecule has 1 aromatic carbocycles. The molecule has 2 N–H and O–H groups in total. The van der Waals surface area contributed by atoms with Gasteiger partial charge in [0.05, 0.1) is 18.7 Å². The van der Waals surface area contributed by atoms with Crippen molar-refractivity contribution in [2.24, 2.45) is 5.73 Å². The Bertz CT molecular complexity index is 378. The second-order valence-electron chi connectivity index (χ2n) is 3.64. The van der Waals surface area contributed by atoms with Gasteiger partial charge >= 0.3 is 0 Å². The minimum Gasteiger partial charge on any atom is -0.493 e. The number of benzene rings is 1. The number of ether oxygens (including phenoxy) is 2. The molecule has 1 aromatic rings. The Hall–Kier alpha value is -0.740. The van der Waals surface area contributed by atoms with Gasteiger partial charge in [0.1, 0.15) is 0 Å². The van der Waals surface area contributed by atoms with Crippen LogP contribution in [0.2, 0.25) is 0 Å². The number of hydrogen-bond acceptors (Lipinski definition) is 3. The molecule has 1 unspecified atom stereocenters. The van der Waals surface area contributed by atoms with Gasteiger partial charge in [-0.25, -0.2) is 0 Å². The fourth-order valence-electron chi connectivity index (χ4n) is 1.77. The van der Waals surface area contributed by atoms with Crippen LogP contribution in [-0.2, 0) is 6.42 Å². The Morgan fingerprint density at radius 3 is 2.38 bits per heavy atom. The molecule has 4 heteroatoms. The van der Waals surface area contributed by atoms with E-state index in [2.05, 4.69) is 22.9 Å². The van der Waals surface area contributed by atoms with Gasteiger partial charge in [-0.3, -0.25) is 0 Å². The zero-order valence-corrected chi connectivity index (χ0v) is 11.7. The lowest BCUT2D eigenvalue weighted by atomic mass is 9.99. The van der Waals surface area contributed by atoms with Crippen molar-refractivity contribution in [2.45, 2.75) is 26.3 Å². The Morgan fingerprint density at radius 1 is 1.38 bits per heavy atom. The standard InChI is InChI=1S/C12H18BrNO2/c1-5-8-9(7(2)14)6-10(15-3)12(16-4)11(8)13/h6-7H,5,14H2,1-4H3. The van der Waals surface area contributed by atoms with Gasteiger partial charge < -0.3 is 15.2 Å². The van der Waals surface area contributed by atoms with Gasteiger partial charge in [0.2, 0.25) is 0 Å². The number of rotatable bonds is 4. The minimum atomic E-state index is -0.0222. The molecule has 0 heterocycles. The molecule has 0 radical (unpaired) electrons. The van der Waals surface area contributed by atoms with Crippen LogP contribution in [0.3, 0.4) is 0 Å². The van der Waals surface area contributed by atoms with Gasteiger partial charge in [-0.1, -0.05) is 6.92 Å². The molecular weight excluding hydrogens is 270 g/mol. The molecule has 0 aliphatic rings. The molecule has 3 nitrogen and oxygen atoms in total. The molecule has 1 rings (SSSR count). The first-order chi connectivity index (χ1) is 7.56. The summed E-state index contributed by atoms with van der Waals surface area (Å²) in [7, 11) is 3.26. The zero-order valence-electron chi connectivity index (χ0n) is 10.1. The summed E-state index contributed by atoms with van der Waals surface area (Å²) in [5.41, 5.74) is 8.22. The van der Waals surface area contributed by atoms with E-state index >= 15 is 0 Å². The molecule has 0 aliphatic carbocycles. The fourth-order valence-corrected chi connectivity index (χ4v) is 2.64. The predicted octanol–water partition coefficient (Wildman–Crippen LogP) is 3.05. The summed E-state index contributed by atoms with van der Waals surface area (Å²) in [4.78, 5) is 0. The Balaban J connectivity index is 3.47. The average molecular weight is 288 g/mol. The third kappa shape index (κ3) is 2.33. The summed E-state index contributed by atoms with van der Waals surface area (Å²) in [6.45, 7) is 4.06. The second-order valence-corrected chi connectivity index (χ2v) is 4.43. The van der Waals surface area contributed by atoms with Crippen molar-refractivity contribution in [2.75, 3.05) is 14.2 Å². The number of hydrogen-bond donors (Lipinski definition) is 1. The van der Waals surface area contributed by atoms with Gasteiger partial charge in [0.25, 0.3) is 0 Å². The molecule has 0 bridgehead atoms. The van der Waals surface area contributed by atoms with Crippen molar-refractivity contribution >= 4 is 15.9 Å². The van der Waals surface area contributed by atoms with E-state index in [9.17, 15) is 0 Å². The van der Waals surface area contributed by atoms with Gasteiger partial charge in [0, 0.05) is 6.04 Å². The third-order valence-corrected chi connectivity index (χ3v) is 3.43. The summed E-state index contributed by atoms with van der Waals surface area (Å²) in [6, 6.07) is 1.93. The van der Waals surface area contributed by atoms with Crippen molar-refractivity contribution < 1.29 is 9.47 Å². The first-order valence-corrected chi connectivity index (χ1v) is 6.04. The monoisotopic (exact) mass is 287 g/mol. The van der Waals surface area contributed by atoms with E-state index in [1.165, 1.54) is 5.56 Å². The van der Waals surface area contributed by atoms with Gasteiger partial charge in [-0.15, -0.1) is 0 Å². The number of nitrogens with two attached hydrogens (primary N) is 1. The van der Waals surface area contributed by atoms with Crippen molar-refractivity contribution in [1.82, 2.24) is 0 Å². The van der Waals surface area contributed by atoms with E-state index in [1.54, 1.807) is 14.2 Å². The van der Waals surface area contributed by atoms with E-state index in [-0.39, 0.29) is 6.04 Å². The van der Waals surface area contributed by atoms with E-state index in [4.69, 9.17) is 15.2 Å². The molecule has 0 fully saturated rings. The van der Waals surface area contributed by atoms with Gasteiger partial charge in [-0.05, 0) is 46.5 Å². The zero-order chi connectivity index (χ0) is 12.3. The van der Waals surface area contributed by atoms with Crippen LogP contribution >= 0.6 is 15.9 Å². The van der Waals surface area contributed by atoms with Gasteiger partial charge in [0.15, 0.2) is 11.5 Å². The van der Waals surface area contributed by atoms with E-state index in [1.807, 2.05) is 13.0 Å². The summed E-state index contributed by atoms with van der Waals surface area (Å²) >= 11 is 3.55. The highest BCUT2D eigenvalue weighted by Crippen LogP contribution is 2.41. The van der Waals surface area contributed by atoms with E-state index < -0.39 is 0 Å². The Kier molecular flexibility index (Phi) is 4.62. The number of methoxy groups -OCH3 is 2. The molecule has 90 valence electrons. The maximum Gasteiger partial charge on any atom is 0.175 e.